The molecule has 0 spiro atoms. The van der Waals surface area contributed by atoms with E-state index >= 15 is 0 Å². The SMILES string of the molecule is CC1c2c(-c3ccncc3)c(-c3ccc4sccc4c3)nn2CCN1C(=O)OC(C)(C)C. The molecule has 0 aliphatic carbocycles. The van der Waals surface area contributed by atoms with Gasteiger partial charge in [-0.25, -0.2) is 4.79 Å². The first-order valence-electron chi connectivity index (χ1n) is 10.8. The predicted molar refractivity (Wildman–Crippen MR) is 128 cm³/mol. The van der Waals surface area contributed by atoms with E-state index in [2.05, 4.69) is 39.3 Å². The monoisotopic (exact) mass is 446 g/mol. The van der Waals surface area contributed by atoms with Crippen molar-refractivity contribution in [3.63, 3.8) is 0 Å². The highest BCUT2D eigenvalue weighted by molar-refractivity contribution is 7.17. The molecule has 4 aromatic rings. The van der Waals surface area contributed by atoms with Crippen LogP contribution in [0.5, 0.6) is 0 Å². The van der Waals surface area contributed by atoms with Gasteiger partial charge in [-0.3, -0.25) is 14.6 Å². The number of aromatic nitrogens is 3. The quantitative estimate of drug-likeness (QED) is 0.371. The van der Waals surface area contributed by atoms with E-state index in [9.17, 15) is 4.79 Å². The van der Waals surface area contributed by atoms with E-state index in [1.54, 1.807) is 28.6 Å². The minimum absolute atomic E-state index is 0.173. The highest BCUT2D eigenvalue weighted by Crippen LogP contribution is 2.41. The molecule has 0 saturated carbocycles. The summed E-state index contributed by atoms with van der Waals surface area (Å²) in [4.78, 5) is 18.9. The molecule has 1 atom stereocenters. The van der Waals surface area contributed by atoms with Gasteiger partial charge in [-0.15, -0.1) is 11.3 Å². The summed E-state index contributed by atoms with van der Waals surface area (Å²) in [5.74, 6) is 0. The lowest BCUT2D eigenvalue weighted by molar-refractivity contribution is 0.0121. The Labute approximate surface area is 191 Å². The average molecular weight is 447 g/mol. The summed E-state index contributed by atoms with van der Waals surface area (Å²) in [5.41, 5.74) is 4.57. The van der Waals surface area contributed by atoms with Crippen LogP contribution in [0.1, 0.15) is 39.4 Å². The number of hydrogen-bond donors (Lipinski definition) is 0. The molecule has 6 nitrogen and oxygen atoms in total. The van der Waals surface area contributed by atoms with Crippen LogP contribution in [0.2, 0.25) is 0 Å². The maximum atomic E-state index is 12.9. The lowest BCUT2D eigenvalue weighted by atomic mass is 9.95. The Balaban J connectivity index is 1.65. The Bertz CT molecular complexity index is 1290. The number of carbonyl (C=O) groups excluding carboxylic acids is 1. The van der Waals surface area contributed by atoms with Crippen LogP contribution in [0, 0.1) is 0 Å². The summed E-state index contributed by atoms with van der Waals surface area (Å²) in [5, 5.41) is 8.35. The smallest absolute Gasteiger partial charge is 0.410 e. The van der Waals surface area contributed by atoms with Gasteiger partial charge in [-0.1, -0.05) is 6.07 Å². The number of carbonyl (C=O) groups is 1. The highest BCUT2D eigenvalue weighted by Gasteiger charge is 2.35. The normalized spacial score (nSPS) is 16.2. The van der Waals surface area contributed by atoms with Crippen LogP contribution in [-0.2, 0) is 11.3 Å². The molecule has 0 saturated heterocycles. The van der Waals surface area contributed by atoms with E-state index in [-0.39, 0.29) is 12.1 Å². The second-order valence-corrected chi connectivity index (χ2v) is 10.0. The number of ether oxygens (including phenoxy) is 1. The number of nitrogens with zero attached hydrogens (tertiary/aromatic N) is 4. The third-order valence-electron chi connectivity index (χ3n) is 5.73. The molecule has 1 aliphatic heterocycles. The van der Waals surface area contributed by atoms with Crippen LogP contribution in [-0.4, -0.2) is 37.9 Å². The zero-order valence-electron chi connectivity index (χ0n) is 18.7. The van der Waals surface area contributed by atoms with E-state index in [1.807, 2.05) is 39.8 Å². The molecule has 0 fully saturated rings. The summed E-state index contributed by atoms with van der Waals surface area (Å²) in [6.07, 6.45) is 3.30. The molecule has 1 amide bonds. The molecule has 3 aromatic heterocycles. The summed E-state index contributed by atoms with van der Waals surface area (Å²) in [6.45, 7) is 8.91. The Morgan fingerprint density at radius 3 is 2.62 bits per heavy atom. The lowest BCUT2D eigenvalue weighted by Gasteiger charge is -2.35. The van der Waals surface area contributed by atoms with E-state index in [4.69, 9.17) is 9.84 Å². The molecular formula is C25H26N4O2S. The topological polar surface area (TPSA) is 60.2 Å². The third kappa shape index (κ3) is 3.66. The highest BCUT2D eigenvalue weighted by atomic mass is 32.1. The summed E-state index contributed by atoms with van der Waals surface area (Å²) >= 11 is 1.74. The summed E-state index contributed by atoms with van der Waals surface area (Å²) in [6, 6.07) is 12.5. The van der Waals surface area contributed by atoms with Crippen molar-refractivity contribution in [2.75, 3.05) is 6.54 Å². The zero-order chi connectivity index (χ0) is 22.5. The fraction of sp³-hybridized carbons (Fsp3) is 0.320. The van der Waals surface area contributed by atoms with E-state index in [1.165, 1.54) is 10.1 Å². The number of benzene rings is 1. The van der Waals surface area contributed by atoms with Gasteiger partial charge in [0, 0.05) is 34.8 Å². The molecule has 1 unspecified atom stereocenters. The van der Waals surface area contributed by atoms with Crippen LogP contribution in [0.25, 0.3) is 32.5 Å². The van der Waals surface area contributed by atoms with Gasteiger partial charge in [0.15, 0.2) is 0 Å². The van der Waals surface area contributed by atoms with Crippen LogP contribution in [0.15, 0.2) is 54.2 Å². The Hall–Kier alpha value is -3.19. The van der Waals surface area contributed by atoms with Crippen LogP contribution >= 0.6 is 11.3 Å². The van der Waals surface area contributed by atoms with Crippen molar-refractivity contribution in [2.45, 2.75) is 45.9 Å². The largest absolute Gasteiger partial charge is 0.444 e. The zero-order valence-corrected chi connectivity index (χ0v) is 19.5. The van der Waals surface area contributed by atoms with Gasteiger partial charge in [0.05, 0.1) is 18.3 Å². The van der Waals surface area contributed by atoms with Crippen molar-refractivity contribution in [2.24, 2.45) is 0 Å². The molecule has 1 aromatic carbocycles. The third-order valence-corrected chi connectivity index (χ3v) is 6.63. The standard InChI is InChI=1S/C25H26N4O2S/c1-16-23-21(17-7-10-26-11-8-17)22(19-5-6-20-18(15-19)9-14-32-20)27-29(23)13-12-28(16)24(30)31-25(2,3)4/h5-11,14-16H,12-13H2,1-4H3. The fourth-order valence-electron chi connectivity index (χ4n) is 4.30. The number of pyridine rings is 1. The van der Waals surface area contributed by atoms with Crippen LogP contribution in [0.3, 0.4) is 0 Å². The first-order chi connectivity index (χ1) is 15.3. The summed E-state index contributed by atoms with van der Waals surface area (Å²) in [7, 11) is 0. The van der Waals surface area contributed by atoms with Gasteiger partial charge in [0.2, 0.25) is 0 Å². The van der Waals surface area contributed by atoms with Crippen LogP contribution < -0.4 is 0 Å². The first kappa shape index (κ1) is 20.7. The predicted octanol–water partition coefficient (Wildman–Crippen LogP) is 6.14. The Kier molecular flexibility index (Phi) is 5.01. The minimum atomic E-state index is -0.538. The number of thiophene rings is 1. The number of amides is 1. The molecule has 7 heteroatoms. The molecular weight excluding hydrogens is 420 g/mol. The number of fused-ring (bicyclic) bond motifs is 2. The van der Waals surface area contributed by atoms with E-state index < -0.39 is 5.60 Å². The minimum Gasteiger partial charge on any atom is -0.444 e. The van der Waals surface area contributed by atoms with Crippen molar-refractivity contribution < 1.29 is 9.53 Å². The van der Waals surface area contributed by atoms with Gasteiger partial charge >= 0.3 is 6.09 Å². The number of hydrogen-bond acceptors (Lipinski definition) is 5. The van der Waals surface area contributed by atoms with Crippen LogP contribution in [0.4, 0.5) is 4.79 Å². The first-order valence-corrected chi connectivity index (χ1v) is 11.7. The molecule has 164 valence electrons. The molecule has 4 heterocycles. The second kappa shape index (κ2) is 7.74. The fourth-order valence-corrected chi connectivity index (χ4v) is 5.07. The lowest BCUT2D eigenvalue weighted by Crippen LogP contribution is -2.43. The molecule has 0 radical (unpaired) electrons. The van der Waals surface area contributed by atoms with Crippen molar-refractivity contribution in [3.8, 4) is 22.4 Å². The van der Waals surface area contributed by atoms with Gasteiger partial charge < -0.3 is 4.74 Å². The van der Waals surface area contributed by atoms with Gasteiger partial charge in [0.25, 0.3) is 0 Å². The summed E-state index contributed by atoms with van der Waals surface area (Å²) < 4.78 is 8.99. The second-order valence-electron chi connectivity index (χ2n) is 9.09. The number of rotatable bonds is 2. The van der Waals surface area contributed by atoms with Crippen molar-refractivity contribution in [1.29, 1.82) is 0 Å². The van der Waals surface area contributed by atoms with Crippen molar-refractivity contribution in [3.05, 3.63) is 59.9 Å². The van der Waals surface area contributed by atoms with Crippen molar-refractivity contribution >= 4 is 27.5 Å². The average Bonchev–Trinajstić information content (AvgIpc) is 3.37. The van der Waals surface area contributed by atoms with Gasteiger partial charge in [-0.2, -0.15) is 5.10 Å². The molecule has 32 heavy (non-hydrogen) atoms. The Morgan fingerprint density at radius 1 is 1.09 bits per heavy atom. The maximum Gasteiger partial charge on any atom is 0.410 e. The van der Waals surface area contributed by atoms with Gasteiger partial charge in [-0.05, 0) is 74.4 Å². The molecule has 5 rings (SSSR count). The Morgan fingerprint density at radius 2 is 1.88 bits per heavy atom. The molecule has 1 aliphatic rings. The van der Waals surface area contributed by atoms with Gasteiger partial charge in [0.1, 0.15) is 11.3 Å². The molecule has 0 bridgehead atoms. The molecule has 0 N–H and O–H groups in total. The van der Waals surface area contributed by atoms with E-state index in [0.29, 0.717) is 13.1 Å². The van der Waals surface area contributed by atoms with E-state index in [0.717, 1.165) is 28.1 Å². The maximum absolute atomic E-state index is 12.9. The van der Waals surface area contributed by atoms with Crippen molar-refractivity contribution in [1.82, 2.24) is 19.7 Å².